The van der Waals surface area contributed by atoms with Gasteiger partial charge in [0.2, 0.25) is 0 Å². The molecule has 0 spiro atoms. The summed E-state index contributed by atoms with van der Waals surface area (Å²) in [5.41, 5.74) is 22.7. The Morgan fingerprint density at radius 3 is 1.16 bits per heavy atom. The van der Waals surface area contributed by atoms with E-state index in [9.17, 15) is 0 Å². The highest BCUT2D eigenvalue weighted by atomic mass is 28.4. The summed E-state index contributed by atoms with van der Waals surface area (Å²) in [6.45, 7) is 8.93. The van der Waals surface area contributed by atoms with E-state index in [1.54, 1.807) is 21.3 Å². The summed E-state index contributed by atoms with van der Waals surface area (Å²) in [5, 5.41) is 0. The smallest absolute Gasteiger partial charge is 0.377 e. The van der Waals surface area contributed by atoms with Gasteiger partial charge in [-0.15, -0.1) is 0 Å². The van der Waals surface area contributed by atoms with Gasteiger partial charge in [0.05, 0.1) is 0 Å². The number of rotatable bonds is 19. The molecular weight excluding hydrogens is 436 g/mol. The predicted molar refractivity (Wildman–Crippen MR) is 130 cm³/mol. The third-order valence-corrected chi connectivity index (χ3v) is 10.6. The van der Waals surface area contributed by atoms with E-state index in [-0.39, 0.29) is 12.1 Å². The van der Waals surface area contributed by atoms with E-state index in [0.29, 0.717) is 32.9 Å². The summed E-state index contributed by atoms with van der Waals surface area (Å²) in [6.07, 6.45) is 3.30. The Morgan fingerprint density at radius 2 is 0.903 bits per heavy atom. The van der Waals surface area contributed by atoms with Gasteiger partial charge in [0.15, 0.2) is 0 Å². The fourth-order valence-corrected chi connectivity index (χ4v) is 7.56. The second-order valence-corrected chi connectivity index (χ2v) is 12.9. The van der Waals surface area contributed by atoms with Crippen LogP contribution in [0.3, 0.4) is 0 Å². The molecule has 0 radical (unpaired) electrons. The Kier molecular flexibility index (Phi) is 22.1. The third kappa shape index (κ3) is 15.5. The highest BCUT2D eigenvalue weighted by Gasteiger charge is 2.40. The lowest BCUT2D eigenvalue weighted by atomic mass is 10.2. The Balaban J connectivity index is 0. The van der Waals surface area contributed by atoms with Crippen molar-refractivity contribution in [3.8, 4) is 0 Å². The van der Waals surface area contributed by atoms with E-state index in [0.717, 1.165) is 37.8 Å². The summed E-state index contributed by atoms with van der Waals surface area (Å²) in [6, 6.07) is 1.71. The van der Waals surface area contributed by atoms with Crippen molar-refractivity contribution >= 4 is 17.6 Å². The molecule has 0 aromatic rings. The lowest BCUT2D eigenvalue weighted by Gasteiger charge is -2.29. The van der Waals surface area contributed by atoms with Gasteiger partial charge < -0.3 is 49.5 Å². The zero-order valence-electron chi connectivity index (χ0n) is 20.7. The summed E-state index contributed by atoms with van der Waals surface area (Å²) in [5.74, 6) is 0. The zero-order chi connectivity index (χ0) is 24.2. The molecule has 31 heavy (non-hydrogen) atoms. The highest BCUT2D eigenvalue weighted by molar-refractivity contribution is 6.61. The standard InChI is InChI=1S/C11H28N2O3Si.C8H22N2O3Si/c1-4-14-17(15-5-2,16-6-3)10-8-11(13)7-9-12;1-11-14(12-2,13-3)7-5-8(10)4-6-9/h11H,4-10,12-13H2,1-3H3;8H,4-7,9-10H2,1-3H3. The Bertz CT molecular complexity index is 373. The average Bonchev–Trinajstić information content (AvgIpc) is 2.75. The van der Waals surface area contributed by atoms with Crippen molar-refractivity contribution in [2.75, 3.05) is 54.2 Å². The van der Waals surface area contributed by atoms with E-state index in [2.05, 4.69) is 0 Å². The molecule has 0 aromatic carbocycles. The van der Waals surface area contributed by atoms with E-state index in [1.807, 2.05) is 20.8 Å². The lowest BCUT2D eigenvalue weighted by Crippen LogP contribution is -2.47. The first-order chi connectivity index (χ1) is 14.8. The van der Waals surface area contributed by atoms with Gasteiger partial charge in [0, 0.05) is 65.3 Å². The SMILES string of the molecule is CCO[Si](CCC(N)CCN)(OCC)OCC.CO[Si](CCC(N)CCN)(OC)OC. The van der Waals surface area contributed by atoms with Gasteiger partial charge in [-0.3, -0.25) is 0 Å². The molecule has 0 aliphatic rings. The maximum absolute atomic E-state index is 5.96. The van der Waals surface area contributed by atoms with Crippen molar-refractivity contribution in [1.82, 2.24) is 0 Å². The van der Waals surface area contributed by atoms with Crippen LogP contribution in [0, 0.1) is 0 Å². The lowest BCUT2D eigenvalue weighted by molar-refractivity contribution is 0.0702. The molecule has 0 saturated heterocycles. The van der Waals surface area contributed by atoms with Crippen molar-refractivity contribution in [1.29, 1.82) is 0 Å². The number of nitrogens with two attached hydrogens (primary N) is 4. The molecule has 0 aromatic heterocycles. The van der Waals surface area contributed by atoms with Gasteiger partial charge in [-0.2, -0.15) is 0 Å². The predicted octanol–water partition coefficient (Wildman–Crippen LogP) is 1.03. The molecule has 0 bridgehead atoms. The Labute approximate surface area is 192 Å². The topological polar surface area (TPSA) is 159 Å². The molecule has 0 rings (SSSR count). The van der Waals surface area contributed by atoms with E-state index in [1.165, 1.54) is 0 Å². The van der Waals surface area contributed by atoms with Crippen LogP contribution in [0.15, 0.2) is 0 Å². The van der Waals surface area contributed by atoms with Crippen LogP contribution < -0.4 is 22.9 Å². The van der Waals surface area contributed by atoms with Gasteiger partial charge in [-0.05, 0) is 59.5 Å². The molecule has 0 fully saturated rings. The minimum Gasteiger partial charge on any atom is -0.377 e. The van der Waals surface area contributed by atoms with Crippen molar-refractivity contribution < 1.29 is 26.6 Å². The van der Waals surface area contributed by atoms with Gasteiger partial charge in [0.25, 0.3) is 0 Å². The van der Waals surface area contributed by atoms with Crippen molar-refractivity contribution in [2.24, 2.45) is 22.9 Å². The van der Waals surface area contributed by atoms with Crippen LogP contribution in [0.4, 0.5) is 0 Å². The monoisotopic (exact) mass is 486 g/mol. The normalized spacial score (nSPS) is 14.1. The molecule has 12 heteroatoms. The summed E-state index contributed by atoms with van der Waals surface area (Å²) >= 11 is 0. The van der Waals surface area contributed by atoms with Crippen LogP contribution in [-0.4, -0.2) is 83.9 Å². The first kappa shape index (κ1) is 33.2. The number of hydrogen-bond donors (Lipinski definition) is 4. The summed E-state index contributed by atoms with van der Waals surface area (Å²) in [7, 11) is -0.124. The van der Waals surface area contributed by atoms with Crippen LogP contribution in [0.1, 0.15) is 46.5 Å². The van der Waals surface area contributed by atoms with E-state index >= 15 is 0 Å². The maximum Gasteiger partial charge on any atom is 0.500 e. The molecule has 0 aliphatic heterocycles. The third-order valence-electron chi connectivity index (χ3n) is 4.74. The number of hydrogen-bond acceptors (Lipinski definition) is 10. The molecular formula is C19H50N4O6Si2. The fourth-order valence-electron chi connectivity index (χ4n) is 3.00. The van der Waals surface area contributed by atoms with Crippen molar-refractivity contribution in [3.05, 3.63) is 0 Å². The molecule has 0 aliphatic carbocycles. The molecule has 0 saturated carbocycles. The first-order valence-electron chi connectivity index (χ1n) is 11.3. The zero-order valence-corrected chi connectivity index (χ0v) is 22.7. The maximum atomic E-state index is 5.96. The van der Waals surface area contributed by atoms with Gasteiger partial charge in [-0.1, -0.05) is 0 Å². The molecule has 2 unspecified atom stereocenters. The van der Waals surface area contributed by atoms with Gasteiger partial charge >= 0.3 is 17.6 Å². The summed E-state index contributed by atoms with van der Waals surface area (Å²) < 4.78 is 33.1. The quantitative estimate of drug-likeness (QED) is 0.194. The fraction of sp³-hybridized carbons (Fsp3) is 1.00. The molecule has 2 atom stereocenters. The minimum absolute atomic E-state index is 0.104. The second-order valence-electron chi connectivity index (χ2n) is 7.03. The van der Waals surface area contributed by atoms with Crippen LogP contribution in [0.2, 0.25) is 12.1 Å². The average molecular weight is 487 g/mol. The second kappa shape index (κ2) is 20.6. The molecule has 0 amide bonds. The minimum atomic E-state index is -2.51. The highest BCUT2D eigenvalue weighted by Crippen LogP contribution is 2.19. The van der Waals surface area contributed by atoms with Crippen LogP contribution in [-0.2, 0) is 26.6 Å². The van der Waals surface area contributed by atoms with Crippen LogP contribution in [0.5, 0.6) is 0 Å². The van der Waals surface area contributed by atoms with Crippen molar-refractivity contribution in [3.63, 3.8) is 0 Å². The molecule has 0 heterocycles. The van der Waals surface area contributed by atoms with Crippen LogP contribution in [0.25, 0.3) is 0 Å². The molecule has 10 nitrogen and oxygen atoms in total. The van der Waals surface area contributed by atoms with Crippen molar-refractivity contribution in [2.45, 2.75) is 70.6 Å². The largest absolute Gasteiger partial charge is 0.500 e. The summed E-state index contributed by atoms with van der Waals surface area (Å²) in [4.78, 5) is 0. The first-order valence-corrected chi connectivity index (χ1v) is 15.1. The molecule has 8 N–H and O–H groups in total. The van der Waals surface area contributed by atoms with Gasteiger partial charge in [-0.25, -0.2) is 0 Å². The Hall–Kier alpha value is 0.0338. The Morgan fingerprint density at radius 1 is 0.581 bits per heavy atom. The molecule has 190 valence electrons. The van der Waals surface area contributed by atoms with Gasteiger partial charge in [0.1, 0.15) is 0 Å². The van der Waals surface area contributed by atoms with Crippen LogP contribution >= 0.6 is 0 Å². The van der Waals surface area contributed by atoms with E-state index < -0.39 is 17.6 Å². The van der Waals surface area contributed by atoms with E-state index in [4.69, 9.17) is 49.5 Å².